The number of rotatable bonds is 39. The molecule has 3 saturated heterocycles. The van der Waals surface area contributed by atoms with Crippen LogP contribution in [0, 0.1) is 0 Å². The van der Waals surface area contributed by atoms with Crippen molar-refractivity contribution in [3.8, 4) is 0 Å². The van der Waals surface area contributed by atoms with Gasteiger partial charge in [0.2, 0.25) is 5.60 Å². The van der Waals surface area contributed by atoms with Crippen molar-refractivity contribution in [3.05, 3.63) is 75.9 Å². The third-order valence-electron chi connectivity index (χ3n) is 9.94. The largest absolute Gasteiger partial charge is 0.481 e. The molecule has 0 aromatic heterocycles. The zero-order valence-electron chi connectivity index (χ0n) is 46.4. The van der Waals surface area contributed by atoms with Gasteiger partial charge in [0.05, 0.1) is 71.2 Å². The van der Waals surface area contributed by atoms with Gasteiger partial charge >= 0.3 is 77.6 Å². The van der Waals surface area contributed by atoms with Gasteiger partial charge in [-0.1, -0.05) is 75.9 Å². The van der Waals surface area contributed by atoms with Crippen molar-refractivity contribution in [2.24, 2.45) is 0 Å². The Balaban J connectivity index is 0.00000113. The smallest absolute Gasteiger partial charge is 0.352 e. The van der Waals surface area contributed by atoms with Crippen molar-refractivity contribution in [2.75, 3.05) is 79.3 Å². The number of hydrogen-bond acceptors (Lipinski definition) is 29. The fraction of sp³-hybridized carbons (Fsp3) is 0.528. The lowest BCUT2D eigenvalue weighted by Crippen LogP contribution is -2.48. The van der Waals surface area contributed by atoms with Gasteiger partial charge in [0.1, 0.15) is 77.8 Å². The van der Waals surface area contributed by atoms with E-state index in [2.05, 4.69) is 39.5 Å². The van der Waals surface area contributed by atoms with E-state index in [0.29, 0.717) is 19.8 Å². The molecule has 3 unspecified atom stereocenters. The first-order chi connectivity index (χ1) is 39.9. The van der Waals surface area contributed by atoms with Gasteiger partial charge in [-0.3, -0.25) is 43.2 Å². The molecule has 3 aliphatic rings. The first-order valence-corrected chi connectivity index (χ1v) is 24.9. The molecule has 474 valence electrons. The molecule has 32 nitrogen and oxygen atoms in total. The van der Waals surface area contributed by atoms with E-state index < -0.39 is 151 Å². The molecule has 3 fully saturated rings. The number of esters is 10. The van der Waals surface area contributed by atoms with Crippen molar-refractivity contribution in [1.82, 2.24) is 0 Å². The third-order valence-corrected chi connectivity index (χ3v) is 9.94. The predicted molar refractivity (Wildman–Crippen MR) is 278 cm³/mol. The van der Waals surface area contributed by atoms with E-state index in [1.54, 1.807) is 0 Å². The van der Waals surface area contributed by atoms with Gasteiger partial charge in [0, 0.05) is 6.92 Å². The first kappa shape index (κ1) is 76.3. The van der Waals surface area contributed by atoms with Gasteiger partial charge in [-0.2, -0.15) is 0 Å². The molecule has 3 aliphatic heterocycles. The Hall–Kier alpha value is -8.69. The molecule has 0 bridgehead atoms. The molecular weight excluding hydrogens is 1150 g/mol. The second kappa shape index (κ2) is 39.7. The summed E-state index contributed by atoms with van der Waals surface area (Å²) in [5, 5.41) is 54.6. The van der Waals surface area contributed by atoms with Crippen molar-refractivity contribution in [2.45, 2.75) is 99.0 Å². The van der Waals surface area contributed by atoms with Gasteiger partial charge in [0.15, 0.2) is 16.8 Å². The van der Waals surface area contributed by atoms with Crippen LogP contribution < -0.4 is 0 Å². The number of carbonyl (C=O) groups excluding carboxylic acids is 10. The molecule has 0 aromatic rings. The van der Waals surface area contributed by atoms with Gasteiger partial charge in [-0.05, 0) is 0 Å². The normalized spacial score (nSPS) is 15.6. The maximum absolute atomic E-state index is 12.4. The van der Waals surface area contributed by atoms with Crippen LogP contribution in [0.15, 0.2) is 75.9 Å². The first-order valence-electron chi connectivity index (χ1n) is 24.9. The zero-order valence-corrected chi connectivity index (χ0v) is 46.4. The lowest BCUT2D eigenvalue weighted by molar-refractivity contribution is -0.189. The number of aliphatic hydroxyl groups is 3. The van der Waals surface area contributed by atoms with E-state index in [9.17, 15) is 72.5 Å². The molecule has 3 heterocycles. The Labute approximate surface area is 485 Å². The maximum Gasteiger partial charge on any atom is 0.352 e. The molecule has 0 aliphatic carbocycles. The van der Waals surface area contributed by atoms with Crippen LogP contribution in [0.25, 0.3) is 0 Å². The van der Waals surface area contributed by atoms with Gasteiger partial charge in [-0.15, -0.1) is 0 Å². The zero-order chi connectivity index (χ0) is 64.8. The summed E-state index contributed by atoms with van der Waals surface area (Å²) in [6.07, 6.45) is 0.647. The Morgan fingerprint density at radius 2 is 0.647 bits per heavy atom. The summed E-state index contributed by atoms with van der Waals surface area (Å²) in [5.74, 6) is -14.4. The van der Waals surface area contributed by atoms with Crippen molar-refractivity contribution in [3.63, 3.8) is 0 Å². The number of hydrogen-bond donors (Lipinski definition) is 6. The highest BCUT2D eigenvalue weighted by atomic mass is 16.6. The predicted octanol–water partition coefficient (Wildman–Crippen LogP) is -0.983. The second-order valence-electron chi connectivity index (χ2n) is 17.7. The summed E-state index contributed by atoms with van der Waals surface area (Å²) >= 11 is 0. The van der Waals surface area contributed by atoms with Crippen LogP contribution in [-0.4, -0.2) is 228 Å². The quantitative estimate of drug-likeness (QED) is 0.0186. The lowest BCUT2D eigenvalue weighted by Gasteiger charge is -2.29. The van der Waals surface area contributed by atoms with E-state index in [-0.39, 0.29) is 77.8 Å². The fourth-order valence-corrected chi connectivity index (χ4v) is 5.76. The summed E-state index contributed by atoms with van der Waals surface area (Å²) in [4.78, 5) is 149. The van der Waals surface area contributed by atoms with Crippen LogP contribution >= 0.6 is 0 Å². The molecule has 32 heteroatoms. The summed E-state index contributed by atoms with van der Waals surface area (Å²) < 4.78 is 63.0. The molecule has 0 spiro atoms. The molecule has 6 N–H and O–H groups in total. The molecule has 85 heavy (non-hydrogen) atoms. The number of ether oxygens (including phenoxy) is 13. The van der Waals surface area contributed by atoms with Crippen LogP contribution in [0.5, 0.6) is 0 Å². The average molecular weight is 1220 g/mol. The summed E-state index contributed by atoms with van der Waals surface area (Å²) in [7, 11) is 0. The van der Waals surface area contributed by atoms with E-state index in [1.165, 1.54) is 36.5 Å². The van der Waals surface area contributed by atoms with Crippen molar-refractivity contribution >= 4 is 77.6 Å². The number of carboxylic acids is 3. The van der Waals surface area contributed by atoms with Crippen LogP contribution in [0.1, 0.15) is 58.3 Å². The molecule has 0 amide bonds. The number of carboxylic acid groups (broad SMARTS) is 3. The topological polar surface area (TPSA) is 473 Å². The second-order valence-corrected chi connectivity index (χ2v) is 17.7. The Morgan fingerprint density at radius 3 is 0.918 bits per heavy atom. The Bertz CT molecular complexity index is 2280. The van der Waals surface area contributed by atoms with Crippen molar-refractivity contribution in [1.29, 1.82) is 0 Å². The van der Waals surface area contributed by atoms with Crippen LogP contribution in [0.4, 0.5) is 0 Å². The van der Waals surface area contributed by atoms with Crippen molar-refractivity contribution < 1.29 is 155 Å². The van der Waals surface area contributed by atoms with E-state index in [1.807, 2.05) is 0 Å². The van der Waals surface area contributed by atoms with Gasteiger partial charge < -0.3 is 92.2 Å². The third kappa shape index (κ3) is 34.5. The standard InChI is InChI=1S/C17H22O8.C15H20O10.C15H20O7.C6H8O7/c1-5-8-22-14(19)11-17(25-13(4)18,16(21)24-10-7-3)12-15(20)23-9-6-2;16-12(23-6-9-3-20-9)1-15(19,14(18)25-8-11-5-22-11)2-13(17)24-7-10-4-21-10;1-4-7-20-12(16)10-15(19,14(18)22-9-6-3)11-13(17)21-8-5-2;7-3(8)1-6(13,5(11)12)2-4(9)10/h5-7H,1-3,8-12H2,4H3;9-11,19H,1-8H2;4-6,19H,1-3,7-11H2;13H,1-2H2,(H,7,8)(H,9,10)(H,11,12). The maximum atomic E-state index is 12.4. The van der Waals surface area contributed by atoms with Gasteiger partial charge in [-0.25, -0.2) is 19.2 Å². The summed E-state index contributed by atoms with van der Waals surface area (Å²) in [5.41, 5.74) is -9.68. The summed E-state index contributed by atoms with van der Waals surface area (Å²) in [6.45, 7) is 21.9. The molecule has 0 radical (unpaired) electrons. The highest BCUT2D eigenvalue weighted by Crippen LogP contribution is 2.27. The fourth-order valence-electron chi connectivity index (χ4n) is 5.76. The molecule has 0 aromatic carbocycles. The van der Waals surface area contributed by atoms with E-state index in [0.717, 1.165) is 6.92 Å². The lowest BCUT2D eigenvalue weighted by atomic mass is 9.95. The molecular formula is C53H70O32. The minimum atomic E-state index is -2.74. The number of carbonyl (C=O) groups is 13. The van der Waals surface area contributed by atoms with Crippen LogP contribution in [0.3, 0.4) is 0 Å². The summed E-state index contributed by atoms with van der Waals surface area (Å²) in [6, 6.07) is 0. The average Bonchev–Trinajstić information content (AvgIpc) is 4.39. The Morgan fingerprint density at radius 1 is 0.388 bits per heavy atom. The monoisotopic (exact) mass is 1220 g/mol. The highest BCUT2D eigenvalue weighted by molar-refractivity contribution is 5.93. The molecule has 3 atom stereocenters. The van der Waals surface area contributed by atoms with E-state index >= 15 is 0 Å². The van der Waals surface area contributed by atoms with Gasteiger partial charge in [0.25, 0.3) is 0 Å². The minimum absolute atomic E-state index is 0.0311. The Kier molecular flexibility index (Phi) is 35.7. The number of epoxide rings is 3. The van der Waals surface area contributed by atoms with Crippen LogP contribution in [0.2, 0.25) is 0 Å². The molecule has 3 rings (SSSR count). The van der Waals surface area contributed by atoms with E-state index in [4.69, 9.17) is 82.0 Å². The highest BCUT2D eigenvalue weighted by Gasteiger charge is 2.49. The number of aliphatic carboxylic acids is 3. The SMILES string of the molecule is C=CCOC(=O)CC(CC(=O)OCC=C)(OC(C)=O)C(=O)OCC=C.C=CCOC(=O)CC(O)(CC(=O)OCC=C)C(=O)OCC=C.O=C(CC(O)(CC(=O)OCC1CO1)C(=O)OCC1CO1)OCC1CO1.O=C(O)CC(O)(CC(=O)O)C(=O)O. The molecule has 0 saturated carbocycles. The van der Waals surface area contributed by atoms with Crippen LogP contribution in [-0.2, 0) is 124 Å². The minimum Gasteiger partial charge on any atom is -0.481 e.